The van der Waals surface area contributed by atoms with Crippen molar-refractivity contribution >= 4 is 33.1 Å². The number of nitrogens with one attached hydrogen (secondary N) is 3. The van der Waals surface area contributed by atoms with Crippen LogP contribution in [0.3, 0.4) is 0 Å². The lowest BCUT2D eigenvalue weighted by molar-refractivity contribution is -1.02. The van der Waals surface area contributed by atoms with Gasteiger partial charge in [0.25, 0.3) is 5.91 Å². The first kappa shape index (κ1) is 19.0. The van der Waals surface area contributed by atoms with Crippen LogP contribution in [0.2, 0.25) is 0 Å². The smallest absolute Gasteiger partial charge is 0.282 e. The number of halogens is 1. The lowest BCUT2D eigenvalue weighted by Crippen LogP contribution is -3.29. The van der Waals surface area contributed by atoms with E-state index in [2.05, 4.69) is 23.5 Å². The molecule has 7 heteroatoms. The Hall–Kier alpha value is -2.35. The van der Waals surface area contributed by atoms with Crippen molar-refractivity contribution in [3.8, 4) is 0 Å². The van der Waals surface area contributed by atoms with E-state index in [-0.39, 0.29) is 17.8 Å². The standard InChI is InChI=1S/C21H23FN4OS/c1-15(21(27)23-17-8-6-16(22)7-9-17)26-12-10-25(11-13-26)14-20-24-18-4-2-3-5-19(18)28-20/h2-9,15H,10-14H2,1H3,(H,23,27)/p+2/t15-/m1/s1. The summed E-state index contributed by atoms with van der Waals surface area (Å²) in [5.74, 6) is -0.319. The minimum absolute atomic E-state index is 0.0174. The summed E-state index contributed by atoms with van der Waals surface area (Å²) < 4.78 is 14.2. The zero-order valence-corrected chi connectivity index (χ0v) is 16.7. The molecule has 0 saturated carbocycles. The first-order chi connectivity index (χ1) is 13.6. The molecule has 1 aliphatic rings. The van der Waals surface area contributed by atoms with Crippen LogP contribution in [0.15, 0.2) is 48.5 Å². The first-order valence-electron chi connectivity index (χ1n) is 9.67. The Morgan fingerprint density at radius 3 is 2.57 bits per heavy atom. The molecule has 0 bridgehead atoms. The quantitative estimate of drug-likeness (QED) is 0.592. The summed E-state index contributed by atoms with van der Waals surface area (Å²) in [6.45, 7) is 6.88. The second-order valence-corrected chi connectivity index (χ2v) is 8.49. The van der Waals surface area contributed by atoms with Crippen LogP contribution >= 0.6 is 11.3 Å². The van der Waals surface area contributed by atoms with Crippen molar-refractivity contribution in [1.29, 1.82) is 0 Å². The van der Waals surface area contributed by atoms with Gasteiger partial charge in [-0.3, -0.25) is 4.79 Å². The van der Waals surface area contributed by atoms with E-state index in [1.54, 1.807) is 23.5 Å². The maximum atomic E-state index is 13.0. The molecular formula is C21H25FN4OS+2. The number of para-hydroxylation sites is 1. The molecule has 2 heterocycles. The average molecular weight is 401 g/mol. The molecule has 4 rings (SSSR count). The Morgan fingerprint density at radius 1 is 1.14 bits per heavy atom. The maximum absolute atomic E-state index is 13.0. The second-order valence-electron chi connectivity index (χ2n) is 7.38. The molecule has 1 amide bonds. The number of piperazine rings is 1. The van der Waals surface area contributed by atoms with Crippen LogP contribution in [0, 0.1) is 5.82 Å². The number of thiazole rings is 1. The SMILES string of the molecule is C[C@H](C(=O)Nc1ccc(F)cc1)[NH+]1CC[NH+](Cc2nc3ccccc3s2)CC1. The van der Waals surface area contributed by atoms with Crippen LogP contribution in [0.5, 0.6) is 0 Å². The Kier molecular flexibility index (Phi) is 5.66. The van der Waals surface area contributed by atoms with E-state index in [9.17, 15) is 9.18 Å². The topological polar surface area (TPSA) is 50.9 Å². The summed E-state index contributed by atoms with van der Waals surface area (Å²) in [5.41, 5.74) is 1.72. The fourth-order valence-electron chi connectivity index (χ4n) is 3.71. The van der Waals surface area contributed by atoms with Gasteiger partial charge in [0.15, 0.2) is 6.04 Å². The molecule has 0 aliphatic carbocycles. The van der Waals surface area contributed by atoms with E-state index < -0.39 is 0 Å². The number of anilines is 1. The number of rotatable bonds is 5. The summed E-state index contributed by atoms with van der Waals surface area (Å²) in [4.78, 5) is 20.1. The molecule has 28 heavy (non-hydrogen) atoms. The number of quaternary nitrogens is 2. The van der Waals surface area contributed by atoms with Crippen molar-refractivity contribution in [3.63, 3.8) is 0 Å². The molecule has 0 unspecified atom stereocenters. The van der Waals surface area contributed by atoms with Gasteiger partial charge in [-0.1, -0.05) is 12.1 Å². The van der Waals surface area contributed by atoms with E-state index >= 15 is 0 Å². The van der Waals surface area contributed by atoms with Crippen LogP contribution in [0.1, 0.15) is 11.9 Å². The first-order valence-corrected chi connectivity index (χ1v) is 10.5. The van der Waals surface area contributed by atoms with Gasteiger partial charge in [0.05, 0.1) is 10.2 Å². The van der Waals surface area contributed by atoms with Crippen LogP contribution < -0.4 is 15.1 Å². The number of fused-ring (bicyclic) bond motifs is 1. The molecule has 0 spiro atoms. The highest BCUT2D eigenvalue weighted by Gasteiger charge is 2.31. The summed E-state index contributed by atoms with van der Waals surface area (Å²) in [7, 11) is 0. The fraction of sp³-hybridized carbons (Fsp3) is 0.333. The molecule has 1 atom stereocenters. The average Bonchev–Trinajstić information content (AvgIpc) is 3.12. The third kappa shape index (κ3) is 4.38. The van der Waals surface area contributed by atoms with Gasteiger partial charge in [-0.2, -0.15) is 0 Å². The zero-order valence-electron chi connectivity index (χ0n) is 15.9. The Balaban J connectivity index is 1.29. The third-order valence-electron chi connectivity index (χ3n) is 5.46. The maximum Gasteiger partial charge on any atom is 0.282 e. The van der Waals surface area contributed by atoms with Crippen molar-refractivity contribution in [2.75, 3.05) is 31.5 Å². The molecule has 3 aromatic rings. The predicted octanol–water partition coefficient (Wildman–Crippen LogP) is 0.746. The van der Waals surface area contributed by atoms with Crippen molar-refractivity contribution in [3.05, 3.63) is 59.4 Å². The molecule has 1 saturated heterocycles. The Morgan fingerprint density at radius 2 is 1.86 bits per heavy atom. The molecule has 3 N–H and O–H groups in total. The fourth-order valence-corrected chi connectivity index (χ4v) is 4.75. The summed E-state index contributed by atoms with van der Waals surface area (Å²) in [5, 5.41) is 4.07. The van der Waals surface area contributed by atoms with Crippen LogP contribution in [0.4, 0.5) is 10.1 Å². The normalized spacial score (nSPS) is 20.8. The summed E-state index contributed by atoms with van der Waals surface area (Å²) >= 11 is 1.78. The lowest BCUT2D eigenvalue weighted by atomic mass is 10.2. The Labute approximate surface area is 167 Å². The Bertz CT molecular complexity index is 917. The van der Waals surface area contributed by atoms with Crippen molar-refractivity contribution in [2.45, 2.75) is 19.5 Å². The van der Waals surface area contributed by atoms with Gasteiger partial charge >= 0.3 is 0 Å². The van der Waals surface area contributed by atoms with Gasteiger partial charge in [-0.05, 0) is 43.3 Å². The molecule has 1 fully saturated rings. The number of hydrogen-bond donors (Lipinski definition) is 3. The second kappa shape index (κ2) is 8.34. The van der Waals surface area contributed by atoms with E-state index in [1.807, 2.05) is 13.0 Å². The number of carbonyl (C=O) groups is 1. The van der Waals surface area contributed by atoms with Gasteiger partial charge in [0, 0.05) is 5.69 Å². The van der Waals surface area contributed by atoms with Gasteiger partial charge in [-0.25, -0.2) is 9.37 Å². The van der Waals surface area contributed by atoms with Crippen LogP contribution in [-0.4, -0.2) is 43.1 Å². The molecule has 5 nitrogen and oxygen atoms in total. The van der Waals surface area contributed by atoms with E-state index in [0.29, 0.717) is 5.69 Å². The summed E-state index contributed by atoms with van der Waals surface area (Å²) in [6.07, 6.45) is 0. The van der Waals surface area contributed by atoms with Gasteiger partial charge < -0.3 is 15.1 Å². The number of nitrogens with zero attached hydrogens (tertiary/aromatic N) is 1. The van der Waals surface area contributed by atoms with Crippen molar-refractivity contribution in [1.82, 2.24) is 4.98 Å². The van der Waals surface area contributed by atoms with Gasteiger partial charge in [-0.15, -0.1) is 11.3 Å². The predicted molar refractivity (Wildman–Crippen MR) is 109 cm³/mol. The number of hydrogen-bond acceptors (Lipinski definition) is 3. The number of amides is 1. The highest BCUT2D eigenvalue weighted by atomic mass is 32.1. The molecule has 2 aromatic carbocycles. The van der Waals surface area contributed by atoms with E-state index in [4.69, 9.17) is 4.98 Å². The monoisotopic (exact) mass is 400 g/mol. The van der Waals surface area contributed by atoms with E-state index in [1.165, 1.54) is 31.6 Å². The largest absolute Gasteiger partial charge is 0.321 e. The van der Waals surface area contributed by atoms with Crippen molar-refractivity contribution < 1.29 is 19.0 Å². The van der Waals surface area contributed by atoms with Gasteiger partial charge in [0.2, 0.25) is 0 Å². The van der Waals surface area contributed by atoms with Gasteiger partial charge in [0.1, 0.15) is 43.5 Å². The van der Waals surface area contributed by atoms with Crippen molar-refractivity contribution in [2.24, 2.45) is 0 Å². The molecule has 1 aliphatic heterocycles. The minimum Gasteiger partial charge on any atom is -0.321 e. The molecular weight excluding hydrogens is 375 g/mol. The lowest BCUT2D eigenvalue weighted by Gasteiger charge is -2.32. The van der Waals surface area contributed by atoms with Crippen LogP contribution in [0.25, 0.3) is 10.2 Å². The third-order valence-corrected chi connectivity index (χ3v) is 6.49. The summed E-state index contributed by atoms with van der Waals surface area (Å²) in [6, 6.07) is 14.0. The zero-order chi connectivity index (χ0) is 19.5. The molecule has 0 radical (unpaired) electrons. The number of carbonyl (C=O) groups excluding carboxylic acids is 1. The van der Waals surface area contributed by atoms with E-state index in [0.717, 1.165) is 38.2 Å². The highest BCUT2D eigenvalue weighted by molar-refractivity contribution is 7.18. The molecule has 1 aromatic heterocycles. The highest BCUT2D eigenvalue weighted by Crippen LogP contribution is 2.20. The number of benzene rings is 2. The minimum atomic E-state index is -0.302. The molecule has 146 valence electrons. The number of aromatic nitrogens is 1. The van der Waals surface area contributed by atoms with Crippen LogP contribution in [-0.2, 0) is 11.3 Å².